The molecule has 0 atom stereocenters. The van der Waals surface area contributed by atoms with Crippen LogP contribution in [0.5, 0.6) is 5.75 Å². The van der Waals surface area contributed by atoms with Crippen molar-refractivity contribution in [2.75, 3.05) is 0 Å². The number of aromatic hydroxyl groups is 1. The lowest BCUT2D eigenvalue weighted by atomic mass is 10.0. The summed E-state index contributed by atoms with van der Waals surface area (Å²) in [6, 6.07) is 18.1. The zero-order valence-corrected chi connectivity index (χ0v) is 18.1. The molecule has 0 saturated heterocycles. The Morgan fingerprint density at radius 3 is 2.81 bits per heavy atom. The number of nitrogens with zero attached hydrogens (tertiary/aromatic N) is 4. The Kier molecular flexibility index (Phi) is 5.95. The number of phenols is 1. The van der Waals surface area contributed by atoms with Gasteiger partial charge in [-0.2, -0.15) is 10.2 Å². The number of carbonyl (C=O) groups excluding carboxylic acids is 1. The zero-order valence-electron chi connectivity index (χ0n) is 16.5. The summed E-state index contributed by atoms with van der Waals surface area (Å²) in [7, 11) is 0. The Hall–Kier alpha value is -4.05. The molecule has 1 amide bonds. The summed E-state index contributed by atoms with van der Waals surface area (Å²) in [6.07, 6.45) is 2.50. The molecule has 32 heavy (non-hydrogen) atoms. The van der Waals surface area contributed by atoms with E-state index in [0.29, 0.717) is 5.56 Å². The molecule has 0 aliphatic heterocycles. The fraction of sp³-hybridized carbons (Fsp3) is 0.0455. The van der Waals surface area contributed by atoms with Crippen molar-refractivity contribution in [1.82, 2.24) is 15.2 Å². The molecule has 0 bridgehead atoms. The number of hydrogen-bond donors (Lipinski definition) is 2. The van der Waals surface area contributed by atoms with Gasteiger partial charge in [0.1, 0.15) is 11.9 Å². The van der Waals surface area contributed by atoms with Gasteiger partial charge in [-0.1, -0.05) is 58.4 Å². The van der Waals surface area contributed by atoms with Gasteiger partial charge in [0.05, 0.1) is 17.7 Å². The molecule has 0 aliphatic rings. The molecule has 160 valence electrons. The van der Waals surface area contributed by atoms with Crippen LogP contribution < -0.4 is 5.43 Å². The van der Waals surface area contributed by atoms with Crippen molar-refractivity contribution < 1.29 is 14.8 Å². The number of carbonyl (C=O) groups is 1. The number of aromatic nitrogens is 2. The summed E-state index contributed by atoms with van der Waals surface area (Å²) in [5.41, 5.74) is 2.74. The van der Waals surface area contributed by atoms with Crippen LogP contribution in [0, 0.1) is 10.1 Å². The molecule has 3 aromatic carbocycles. The molecule has 0 radical (unpaired) electrons. The van der Waals surface area contributed by atoms with Gasteiger partial charge in [0.15, 0.2) is 0 Å². The van der Waals surface area contributed by atoms with E-state index in [1.165, 1.54) is 23.2 Å². The first-order valence-corrected chi connectivity index (χ1v) is 10.2. The second-order valence-electron chi connectivity index (χ2n) is 6.87. The Balaban J connectivity index is 1.56. The molecule has 10 heteroatoms. The number of amides is 1. The van der Waals surface area contributed by atoms with Crippen LogP contribution in [0.4, 0.5) is 5.69 Å². The number of fused-ring (bicyclic) bond motifs is 1. The number of nitrogens with one attached hydrogen (secondary N) is 1. The van der Waals surface area contributed by atoms with Crippen LogP contribution in [-0.2, 0) is 6.54 Å². The second-order valence-corrected chi connectivity index (χ2v) is 7.78. The quantitative estimate of drug-likeness (QED) is 0.236. The van der Waals surface area contributed by atoms with Crippen molar-refractivity contribution in [2.24, 2.45) is 5.10 Å². The van der Waals surface area contributed by atoms with Gasteiger partial charge < -0.3 is 5.11 Å². The SMILES string of the molecule is O=C(NN=Cc1c(O)ccc2ccccc12)c1nn(Cc2cccc(Br)c2)cc1[N+](=O)[O-]. The van der Waals surface area contributed by atoms with E-state index in [9.17, 15) is 20.0 Å². The fourth-order valence-electron chi connectivity index (χ4n) is 3.24. The summed E-state index contributed by atoms with van der Waals surface area (Å²) in [4.78, 5) is 23.3. The van der Waals surface area contributed by atoms with Crippen LogP contribution in [0.15, 0.2) is 76.4 Å². The molecule has 4 aromatic rings. The lowest BCUT2D eigenvalue weighted by Gasteiger charge is -2.04. The third kappa shape index (κ3) is 4.49. The maximum absolute atomic E-state index is 12.6. The highest BCUT2D eigenvalue weighted by Gasteiger charge is 2.25. The Labute approximate surface area is 190 Å². The minimum Gasteiger partial charge on any atom is -0.507 e. The molecule has 0 spiro atoms. The third-order valence-electron chi connectivity index (χ3n) is 4.70. The molecule has 9 nitrogen and oxygen atoms in total. The van der Waals surface area contributed by atoms with Crippen molar-refractivity contribution in [3.05, 3.63) is 98.3 Å². The molecular formula is C22H16BrN5O4. The summed E-state index contributed by atoms with van der Waals surface area (Å²) < 4.78 is 2.19. The summed E-state index contributed by atoms with van der Waals surface area (Å²) >= 11 is 3.37. The Morgan fingerprint density at radius 1 is 1.22 bits per heavy atom. The molecule has 1 aromatic heterocycles. The van der Waals surface area contributed by atoms with Gasteiger partial charge in [-0.25, -0.2) is 5.43 Å². The van der Waals surface area contributed by atoms with Gasteiger partial charge in [-0.15, -0.1) is 0 Å². The van der Waals surface area contributed by atoms with E-state index in [-0.39, 0.29) is 18.0 Å². The van der Waals surface area contributed by atoms with Gasteiger partial charge in [0.25, 0.3) is 5.91 Å². The molecular weight excluding hydrogens is 478 g/mol. The van der Waals surface area contributed by atoms with Gasteiger partial charge in [0, 0.05) is 10.0 Å². The molecule has 0 fully saturated rings. The predicted octanol–water partition coefficient (Wildman–Crippen LogP) is 4.22. The number of rotatable bonds is 6. The average Bonchev–Trinajstić information content (AvgIpc) is 3.19. The fourth-order valence-corrected chi connectivity index (χ4v) is 3.68. The number of nitro groups is 1. The van der Waals surface area contributed by atoms with Crippen molar-refractivity contribution in [3.8, 4) is 5.75 Å². The van der Waals surface area contributed by atoms with E-state index in [0.717, 1.165) is 20.8 Å². The topological polar surface area (TPSA) is 123 Å². The first-order chi connectivity index (χ1) is 15.4. The minimum absolute atomic E-state index is 0.00835. The van der Waals surface area contributed by atoms with Crippen LogP contribution in [0.25, 0.3) is 10.8 Å². The maximum atomic E-state index is 12.6. The summed E-state index contributed by atoms with van der Waals surface area (Å²) in [5, 5.41) is 31.2. The monoisotopic (exact) mass is 493 g/mol. The van der Waals surface area contributed by atoms with Crippen molar-refractivity contribution in [1.29, 1.82) is 0 Å². The van der Waals surface area contributed by atoms with E-state index in [2.05, 4.69) is 31.6 Å². The van der Waals surface area contributed by atoms with Crippen LogP contribution in [-0.4, -0.2) is 31.9 Å². The number of benzene rings is 3. The lowest BCUT2D eigenvalue weighted by molar-refractivity contribution is -0.385. The minimum atomic E-state index is -0.833. The smallest absolute Gasteiger partial charge is 0.320 e. The highest BCUT2D eigenvalue weighted by Crippen LogP contribution is 2.25. The van der Waals surface area contributed by atoms with Crippen LogP contribution in [0.2, 0.25) is 0 Å². The number of halogens is 1. The summed E-state index contributed by atoms with van der Waals surface area (Å²) in [6.45, 7) is 0.251. The first kappa shape index (κ1) is 21.2. The van der Waals surface area contributed by atoms with Gasteiger partial charge in [-0.05, 0) is 34.5 Å². The van der Waals surface area contributed by atoms with Crippen LogP contribution in [0.3, 0.4) is 0 Å². The van der Waals surface area contributed by atoms with Gasteiger partial charge >= 0.3 is 5.69 Å². The van der Waals surface area contributed by atoms with Crippen molar-refractivity contribution in [3.63, 3.8) is 0 Å². The van der Waals surface area contributed by atoms with Crippen molar-refractivity contribution >= 4 is 44.5 Å². The van der Waals surface area contributed by atoms with E-state index >= 15 is 0 Å². The Bertz CT molecular complexity index is 1370. The highest BCUT2D eigenvalue weighted by molar-refractivity contribution is 9.10. The number of hydrazone groups is 1. The van der Waals surface area contributed by atoms with E-state index in [4.69, 9.17) is 0 Å². The normalized spacial score (nSPS) is 11.2. The standard InChI is InChI=1S/C22H16BrN5O4/c23-16-6-3-4-14(10-16)12-27-13-19(28(31)32)21(26-27)22(30)25-24-11-18-17-7-2-1-5-15(17)8-9-20(18)29/h1-11,13,29H,12H2,(H,25,30). The highest BCUT2D eigenvalue weighted by atomic mass is 79.9. The predicted molar refractivity (Wildman–Crippen MR) is 123 cm³/mol. The Morgan fingerprint density at radius 2 is 2.03 bits per heavy atom. The third-order valence-corrected chi connectivity index (χ3v) is 5.19. The number of phenolic OH excluding ortho intramolecular Hbond substituents is 1. The number of hydrogen-bond acceptors (Lipinski definition) is 6. The largest absolute Gasteiger partial charge is 0.507 e. The zero-order chi connectivity index (χ0) is 22.7. The second kappa shape index (κ2) is 8.98. The lowest BCUT2D eigenvalue weighted by Crippen LogP contribution is -2.19. The molecule has 0 unspecified atom stereocenters. The molecule has 1 heterocycles. The molecule has 0 saturated carbocycles. The average molecular weight is 494 g/mol. The maximum Gasteiger partial charge on any atom is 0.320 e. The summed E-state index contributed by atoms with van der Waals surface area (Å²) in [5.74, 6) is -0.841. The van der Waals surface area contributed by atoms with Crippen LogP contribution >= 0.6 is 15.9 Å². The van der Waals surface area contributed by atoms with Gasteiger partial charge in [-0.3, -0.25) is 19.6 Å². The van der Waals surface area contributed by atoms with E-state index in [1.807, 2.05) is 48.5 Å². The molecule has 2 N–H and O–H groups in total. The molecule has 4 rings (SSSR count). The van der Waals surface area contributed by atoms with E-state index in [1.54, 1.807) is 6.07 Å². The van der Waals surface area contributed by atoms with E-state index < -0.39 is 16.5 Å². The van der Waals surface area contributed by atoms with Gasteiger partial charge in [0.2, 0.25) is 5.69 Å². The van der Waals surface area contributed by atoms with Crippen LogP contribution in [0.1, 0.15) is 21.6 Å². The molecule has 0 aliphatic carbocycles. The van der Waals surface area contributed by atoms with Crippen molar-refractivity contribution in [2.45, 2.75) is 6.54 Å². The first-order valence-electron chi connectivity index (χ1n) is 9.43.